The number of hydrogen-bond acceptors (Lipinski definition) is 5. The minimum atomic E-state index is -0.878. The van der Waals surface area contributed by atoms with Crippen molar-refractivity contribution < 1.29 is 23.5 Å². The topological polar surface area (TPSA) is 94.6 Å². The van der Waals surface area contributed by atoms with Crippen molar-refractivity contribution in [2.24, 2.45) is 0 Å². The number of carbonyl (C=O) groups is 2. The number of nitrogens with zero attached hydrogens (tertiary/aromatic N) is 2. The van der Waals surface area contributed by atoms with E-state index >= 15 is 0 Å². The quantitative estimate of drug-likeness (QED) is 0.478. The molecule has 1 fully saturated rings. The van der Waals surface area contributed by atoms with Crippen LogP contribution in [0.3, 0.4) is 0 Å². The summed E-state index contributed by atoms with van der Waals surface area (Å²) in [7, 11) is 0. The van der Waals surface area contributed by atoms with E-state index in [-0.39, 0.29) is 29.1 Å². The van der Waals surface area contributed by atoms with Crippen LogP contribution >= 0.6 is 0 Å². The molecule has 2 heterocycles. The predicted octanol–water partition coefficient (Wildman–Crippen LogP) is 4.63. The Morgan fingerprint density at radius 1 is 0.914 bits per heavy atom. The summed E-state index contributed by atoms with van der Waals surface area (Å²) in [4.78, 5) is 31.6. The second-order valence-electron chi connectivity index (χ2n) is 8.45. The van der Waals surface area contributed by atoms with E-state index < -0.39 is 23.4 Å². The molecular weight excluding hydrogens is 454 g/mol. The first-order valence-electron chi connectivity index (χ1n) is 11.5. The molecule has 1 aromatic heterocycles. The van der Waals surface area contributed by atoms with E-state index in [9.17, 15) is 23.5 Å². The van der Waals surface area contributed by atoms with Crippen LogP contribution in [0.4, 0.5) is 20.3 Å². The normalized spacial score (nSPS) is 13.7. The number of aromatic nitrogens is 1. The Kier molecular flexibility index (Phi) is 7.54. The van der Waals surface area contributed by atoms with Crippen LogP contribution in [0.25, 0.3) is 0 Å². The molecule has 0 atom stereocenters. The van der Waals surface area contributed by atoms with Gasteiger partial charge in [0.2, 0.25) is 0 Å². The molecule has 2 aromatic carbocycles. The van der Waals surface area contributed by atoms with Gasteiger partial charge in [-0.15, -0.1) is 0 Å². The highest BCUT2D eigenvalue weighted by Gasteiger charge is 2.15. The number of anilines is 2. The van der Waals surface area contributed by atoms with E-state index in [1.54, 1.807) is 6.20 Å². The van der Waals surface area contributed by atoms with Gasteiger partial charge in [-0.2, -0.15) is 0 Å². The van der Waals surface area contributed by atoms with Crippen molar-refractivity contribution in [2.45, 2.75) is 32.2 Å². The van der Waals surface area contributed by atoms with Crippen LogP contribution in [0.5, 0.6) is 5.75 Å². The van der Waals surface area contributed by atoms with Gasteiger partial charge in [0.25, 0.3) is 11.8 Å². The van der Waals surface area contributed by atoms with Gasteiger partial charge in [-0.25, -0.2) is 13.8 Å². The summed E-state index contributed by atoms with van der Waals surface area (Å²) in [6.45, 7) is 2.23. The molecule has 3 aromatic rings. The largest absolute Gasteiger partial charge is 0.507 e. The molecule has 9 heteroatoms. The summed E-state index contributed by atoms with van der Waals surface area (Å²) in [5, 5.41) is 15.5. The lowest BCUT2D eigenvalue weighted by Gasteiger charge is -2.21. The molecule has 2 amide bonds. The van der Waals surface area contributed by atoms with Crippen LogP contribution in [0.15, 0.2) is 54.7 Å². The molecule has 1 aliphatic heterocycles. The monoisotopic (exact) mass is 480 g/mol. The number of pyridine rings is 1. The third-order valence-electron chi connectivity index (χ3n) is 5.82. The van der Waals surface area contributed by atoms with Crippen molar-refractivity contribution in [1.29, 1.82) is 0 Å². The Bertz CT molecular complexity index is 1190. The summed E-state index contributed by atoms with van der Waals surface area (Å²) >= 11 is 0. The van der Waals surface area contributed by atoms with Gasteiger partial charge in [-0.1, -0.05) is 18.9 Å². The minimum Gasteiger partial charge on any atom is -0.507 e. The molecule has 0 bridgehead atoms. The number of rotatable bonds is 6. The summed E-state index contributed by atoms with van der Waals surface area (Å²) in [5.41, 5.74) is 0.804. The Morgan fingerprint density at radius 3 is 2.26 bits per heavy atom. The highest BCUT2D eigenvalue weighted by molar-refractivity contribution is 6.05. The first-order valence-corrected chi connectivity index (χ1v) is 11.5. The van der Waals surface area contributed by atoms with E-state index in [0.717, 1.165) is 49.4 Å². The molecular formula is C26H26F2N4O3. The Balaban J connectivity index is 1.34. The molecule has 4 rings (SSSR count). The van der Waals surface area contributed by atoms with Gasteiger partial charge < -0.3 is 20.6 Å². The average molecular weight is 481 g/mol. The van der Waals surface area contributed by atoms with Gasteiger partial charge >= 0.3 is 0 Å². The molecule has 0 aliphatic carbocycles. The van der Waals surface area contributed by atoms with Crippen LogP contribution in [-0.4, -0.2) is 35.0 Å². The number of benzene rings is 2. The van der Waals surface area contributed by atoms with Crippen molar-refractivity contribution in [2.75, 3.05) is 23.3 Å². The molecule has 35 heavy (non-hydrogen) atoms. The minimum absolute atomic E-state index is 0.0222. The number of phenolic OH excluding ortho intramolecular Hbond substituents is 1. The van der Waals surface area contributed by atoms with Crippen molar-refractivity contribution in [3.8, 4) is 5.75 Å². The fraction of sp³-hybridized carbons (Fsp3) is 0.269. The maximum Gasteiger partial charge on any atom is 0.255 e. The van der Waals surface area contributed by atoms with Gasteiger partial charge in [-0.3, -0.25) is 9.59 Å². The smallest absolute Gasteiger partial charge is 0.255 e. The van der Waals surface area contributed by atoms with E-state index in [0.29, 0.717) is 6.07 Å². The van der Waals surface area contributed by atoms with Crippen LogP contribution in [0, 0.1) is 11.6 Å². The molecule has 0 spiro atoms. The van der Waals surface area contributed by atoms with E-state index in [4.69, 9.17) is 0 Å². The number of nitrogens with one attached hydrogen (secondary N) is 2. The third kappa shape index (κ3) is 6.32. The van der Waals surface area contributed by atoms with Crippen molar-refractivity contribution in [3.05, 3.63) is 83.1 Å². The van der Waals surface area contributed by atoms with Gasteiger partial charge in [0.05, 0.1) is 5.56 Å². The summed E-state index contributed by atoms with van der Waals surface area (Å²) < 4.78 is 26.7. The zero-order valence-corrected chi connectivity index (χ0v) is 19.1. The molecule has 0 unspecified atom stereocenters. The molecule has 0 radical (unpaired) electrons. The Labute approximate surface area is 201 Å². The number of amides is 2. The van der Waals surface area contributed by atoms with Crippen molar-refractivity contribution in [1.82, 2.24) is 10.3 Å². The zero-order chi connectivity index (χ0) is 24.8. The predicted molar refractivity (Wildman–Crippen MR) is 129 cm³/mol. The van der Waals surface area contributed by atoms with Crippen LogP contribution in [0.2, 0.25) is 0 Å². The lowest BCUT2D eigenvalue weighted by molar-refractivity contribution is 0.0947. The zero-order valence-electron chi connectivity index (χ0n) is 19.1. The number of halogens is 2. The fourth-order valence-electron chi connectivity index (χ4n) is 3.98. The van der Waals surface area contributed by atoms with E-state index in [2.05, 4.69) is 20.5 Å². The van der Waals surface area contributed by atoms with E-state index in [1.807, 2.05) is 12.1 Å². The lowest BCUT2D eigenvalue weighted by atomic mass is 10.1. The number of hydrogen-bond donors (Lipinski definition) is 3. The fourth-order valence-corrected chi connectivity index (χ4v) is 3.98. The van der Waals surface area contributed by atoms with Crippen molar-refractivity contribution >= 4 is 23.3 Å². The second kappa shape index (κ2) is 10.9. The molecule has 1 aliphatic rings. The summed E-state index contributed by atoms with van der Waals surface area (Å²) in [6, 6.07) is 10.3. The first kappa shape index (κ1) is 24.1. The Morgan fingerprint density at radius 2 is 1.63 bits per heavy atom. The molecule has 0 saturated carbocycles. The number of phenols is 1. The van der Waals surface area contributed by atoms with Crippen molar-refractivity contribution in [3.63, 3.8) is 0 Å². The highest BCUT2D eigenvalue weighted by atomic mass is 19.1. The second-order valence-corrected chi connectivity index (χ2v) is 8.45. The van der Waals surface area contributed by atoms with Gasteiger partial charge in [0, 0.05) is 49.2 Å². The van der Waals surface area contributed by atoms with Gasteiger partial charge in [0.1, 0.15) is 23.2 Å². The maximum absolute atomic E-state index is 13.3. The van der Waals surface area contributed by atoms with E-state index in [1.165, 1.54) is 31.0 Å². The number of aromatic hydroxyl groups is 1. The average Bonchev–Trinajstić information content (AvgIpc) is 3.12. The van der Waals surface area contributed by atoms with Gasteiger partial charge in [0.15, 0.2) is 0 Å². The number of carbonyl (C=O) groups excluding carboxylic acids is 2. The molecule has 1 saturated heterocycles. The van der Waals surface area contributed by atoms with Gasteiger partial charge in [-0.05, 0) is 48.7 Å². The molecule has 3 N–H and O–H groups in total. The summed E-state index contributed by atoms with van der Waals surface area (Å²) in [6.07, 6.45) is 6.54. The lowest BCUT2D eigenvalue weighted by Crippen LogP contribution is -2.25. The standard InChI is InChI=1S/C26H26F2N4O3/c27-19-11-18(12-20(28)13-19)25(34)31-21-6-7-22(23(33)14-21)26(35)30-16-17-5-8-24(29-15-17)32-9-3-1-2-4-10-32/h5-8,11-15,33H,1-4,9-10,16H2,(H,30,35)(H,31,34). The summed E-state index contributed by atoms with van der Waals surface area (Å²) in [5.74, 6) is -2.42. The molecule has 182 valence electrons. The maximum atomic E-state index is 13.3. The highest BCUT2D eigenvalue weighted by Crippen LogP contribution is 2.23. The Hall–Kier alpha value is -4.01. The first-order chi connectivity index (χ1) is 16.9. The van der Waals surface area contributed by atoms with Crippen LogP contribution < -0.4 is 15.5 Å². The molecule has 7 nitrogen and oxygen atoms in total. The SMILES string of the molecule is O=C(Nc1ccc(C(=O)NCc2ccc(N3CCCCCC3)nc2)c(O)c1)c1cc(F)cc(F)c1. The third-order valence-corrected chi connectivity index (χ3v) is 5.82. The van der Waals surface area contributed by atoms with Crippen LogP contribution in [-0.2, 0) is 6.54 Å². The van der Waals surface area contributed by atoms with Crippen LogP contribution in [0.1, 0.15) is 52.0 Å².